The molecule has 0 saturated heterocycles. The molecule has 0 aromatic rings. The van der Waals surface area contributed by atoms with Gasteiger partial charge >= 0.3 is 6.18 Å². The fourth-order valence-electron chi connectivity index (χ4n) is 0.577. The Balaban J connectivity index is 2.50. The van der Waals surface area contributed by atoms with E-state index in [-0.39, 0.29) is 0 Å². The van der Waals surface area contributed by atoms with Crippen LogP contribution in [0.25, 0.3) is 0 Å². The smallest absolute Gasteiger partial charge is 0.289 e. The molecule has 0 atom stereocenters. The lowest BCUT2D eigenvalue weighted by Gasteiger charge is -2.00. The molecule has 1 aliphatic rings. The lowest BCUT2D eigenvalue weighted by molar-refractivity contribution is -0.172. The van der Waals surface area contributed by atoms with Crippen LogP contribution < -0.4 is 0 Å². The molecule has 1 fully saturated rings. The van der Waals surface area contributed by atoms with Crippen molar-refractivity contribution in [3.63, 3.8) is 0 Å². The molecular formula is C5H5F3O. The second kappa shape index (κ2) is 1.72. The second-order valence-electron chi connectivity index (χ2n) is 2.14. The highest BCUT2D eigenvalue weighted by molar-refractivity contribution is 5.88. The summed E-state index contributed by atoms with van der Waals surface area (Å²) in [7, 11) is 0. The second-order valence-corrected chi connectivity index (χ2v) is 2.14. The molecule has 0 N–H and O–H groups in total. The molecule has 52 valence electrons. The van der Waals surface area contributed by atoms with Crippen LogP contribution in [0, 0.1) is 5.92 Å². The maximum absolute atomic E-state index is 11.4. The Hall–Kier alpha value is -0.540. The van der Waals surface area contributed by atoms with Crippen molar-refractivity contribution >= 4 is 5.78 Å². The Morgan fingerprint density at radius 2 is 1.78 bits per heavy atom. The zero-order chi connectivity index (χ0) is 7.07. The zero-order valence-corrected chi connectivity index (χ0v) is 4.53. The van der Waals surface area contributed by atoms with E-state index >= 15 is 0 Å². The van der Waals surface area contributed by atoms with Gasteiger partial charge in [0.15, 0.2) is 0 Å². The molecular weight excluding hydrogens is 133 g/mol. The number of carbonyl (C=O) groups excluding carboxylic acids is 1. The van der Waals surface area contributed by atoms with Gasteiger partial charge in [-0.2, -0.15) is 13.2 Å². The molecule has 0 radical (unpaired) electrons. The van der Waals surface area contributed by atoms with Gasteiger partial charge in [-0.25, -0.2) is 0 Å². The lowest BCUT2D eigenvalue weighted by atomic mass is 10.3. The van der Waals surface area contributed by atoms with Gasteiger partial charge in [-0.3, -0.25) is 4.79 Å². The fourth-order valence-corrected chi connectivity index (χ4v) is 0.577. The first kappa shape index (κ1) is 6.58. The monoisotopic (exact) mass is 138 g/mol. The molecule has 0 bridgehead atoms. The summed E-state index contributed by atoms with van der Waals surface area (Å²) >= 11 is 0. The fraction of sp³-hybridized carbons (Fsp3) is 0.800. The van der Waals surface area contributed by atoms with Crippen molar-refractivity contribution in [2.45, 2.75) is 19.0 Å². The summed E-state index contributed by atoms with van der Waals surface area (Å²) in [6, 6.07) is 0. The van der Waals surface area contributed by atoms with Gasteiger partial charge in [-0.05, 0) is 12.8 Å². The third kappa shape index (κ3) is 1.43. The summed E-state index contributed by atoms with van der Waals surface area (Å²) < 4.78 is 34.2. The van der Waals surface area contributed by atoms with E-state index in [0.717, 1.165) is 0 Å². The van der Waals surface area contributed by atoms with Crippen LogP contribution in [0.5, 0.6) is 0 Å². The van der Waals surface area contributed by atoms with E-state index in [1.807, 2.05) is 0 Å². The van der Waals surface area contributed by atoms with Gasteiger partial charge < -0.3 is 0 Å². The first-order valence-corrected chi connectivity index (χ1v) is 2.63. The van der Waals surface area contributed by atoms with Gasteiger partial charge in [0.1, 0.15) is 0 Å². The van der Waals surface area contributed by atoms with Crippen LogP contribution in [0.2, 0.25) is 0 Å². The molecule has 0 heterocycles. The van der Waals surface area contributed by atoms with E-state index in [9.17, 15) is 18.0 Å². The van der Waals surface area contributed by atoms with Gasteiger partial charge in [0.2, 0.25) is 5.78 Å². The Kier molecular flexibility index (Phi) is 1.26. The lowest BCUT2D eigenvalue weighted by Crippen LogP contribution is -2.23. The minimum Gasteiger partial charge on any atom is -0.289 e. The summed E-state index contributed by atoms with van der Waals surface area (Å²) in [5, 5.41) is 0. The molecule has 0 amide bonds. The first-order valence-electron chi connectivity index (χ1n) is 2.63. The Labute approximate surface area is 49.9 Å². The van der Waals surface area contributed by atoms with Gasteiger partial charge in [0.05, 0.1) is 0 Å². The Morgan fingerprint density at radius 3 is 1.89 bits per heavy atom. The maximum atomic E-state index is 11.4. The quantitative estimate of drug-likeness (QED) is 0.537. The number of halogens is 3. The van der Waals surface area contributed by atoms with E-state index in [1.165, 1.54) is 0 Å². The highest BCUT2D eigenvalue weighted by Crippen LogP contribution is 2.36. The predicted octanol–water partition coefficient (Wildman–Crippen LogP) is 1.53. The summed E-state index contributed by atoms with van der Waals surface area (Å²) in [5.74, 6) is -2.26. The molecule has 0 aromatic carbocycles. The number of Topliss-reactive ketones (excluding diaryl/α,β-unsaturated/α-hetero) is 1. The first-order chi connectivity index (χ1) is 4.02. The minimum absolute atomic E-state index is 0.415. The average Bonchev–Trinajstić information content (AvgIpc) is 2.40. The van der Waals surface area contributed by atoms with E-state index in [0.29, 0.717) is 12.8 Å². The van der Waals surface area contributed by atoms with Gasteiger partial charge in [0.25, 0.3) is 0 Å². The van der Waals surface area contributed by atoms with E-state index in [4.69, 9.17) is 0 Å². The highest BCUT2D eigenvalue weighted by Gasteiger charge is 2.47. The van der Waals surface area contributed by atoms with Crippen molar-refractivity contribution in [3.8, 4) is 0 Å². The van der Waals surface area contributed by atoms with E-state index < -0.39 is 17.9 Å². The minimum atomic E-state index is -4.60. The van der Waals surface area contributed by atoms with Crippen LogP contribution in [0.1, 0.15) is 12.8 Å². The summed E-state index contributed by atoms with van der Waals surface area (Å²) in [6.45, 7) is 0. The number of rotatable bonds is 1. The van der Waals surface area contributed by atoms with Crippen LogP contribution in [0.3, 0.4) is 0 Å². The van der Waals surface area contributed by atoms with Crippen molar-refractivity contribution in [3.05, 3.63) is 0 Å². The van der Waals surface area contributed by atoms with Crippen LogP contribution in [-0.2, 0) is 4.79 Å². The SMILES string of the molecule is O=C(C1CC1)C(F)(F)F. The molecule has 1 aliphatic carbocycles. The molecule has 0 unspecified atom stereocenters. The molecule has 0 aromatic heterocycles. The normalized spacial score (nSPS) is 19.9. The molecule has 0 aliphatic heterocycles. The summed E-state index contributed by atoms with van der Waals surface area (Å²) in [6.07, 6.45) is -3.77. The topological polar surface area (TPSA) is 17.1 Å². The predicted molar refractivity (Wildman–Crippen MR) is 23.8 cm³/mol. The third-order valence-corrected chi connectivity index (χ3v) is 1.23. The summed E-state index contributed by atoms with van der Waals surface area (Å²) in [4.78, 5) is 10.1. The zero-order valence-electron chi connectivity index (χ0n) is 4.53. The highest BCUT2D eigenvalue weighted by atomic mass is 19.4. The van der Waals surface area contributed by atoms with Crippen molar-refractivity contribution in [2.24, 2.45) is 5.92 Å². The number of alkyl halides is 3. The largest absolute Gasteiger partial charge is 0.450 e. The van der Waals surface area contributed by atoms with E-state index in [2.05, 4.69) is 0 Å². The molecule has 0 spiro atoms. The molecule has 9 heavy (non-hydrogen) atoms. The van der Waals surface area contributed by atoms with Crippen molar-refractivity contribution in [2.75, 3.05) is 0 Å². The number of carbonyl (C=O) groups is 1. The van der Waals surface area contributed by atoms with Crippen molar-refractivity contribution in [1.29, 1.82) is 0 Å². The van der Waals surface area contributed by atoms with Crippen LogP contribution in [0.15, 0.2) is 0 Å². The number of hydrogen-bond donors (Lipinski definition) is 0. The molecule has 1 nitrogen and oxygen atoms in total. The van der Waals surface area contributed by atoms with Gasteiger partial charge in [-0.1, -0.05) is 0 Å². The van der Waals surface area contributed by atoms with Crippen molar-refractivity contribution in [1.82, 2.24) is 0 Å². The van der Waals surface area contributed by atoms with E-state index in [1.54, 1.807) is 0 Å². The third-order valence-electron chi connectivity index (χ3n) is 1.23. The standard InChI is InChI=1S/C5H5F3O/c6-5(7,8)4(9)3-1-2-3/h3H,1-2H2. The van der Waals surface area contributed by atoms with Crippen LogP contribution in [0.4, 0.5) is 13.2 Å². The van der Waals surface area contributed by atoms with Gasteiger partial charge in [0, 0.05) is 5.92 Å². The number of ketones is 1. The van der Waals surface area contributed by atoms with Crippen LogP contribution >= 0.6 is 0 Å². The van der Waals surface area contributed by atoms with Gasteiger partial charge in [-0.15, -0.1) is 0 Å². The molecule has 1 saturated carbocycles. The maximum Gasteiger partial charge on any atom is 0.450 e. The average molecular weight is 138 g/mol. The Morgan fingerprint density at radius 1 is 1.33 bits per heavy atom. The Bertz CT molecular complexity index is 134. The summed E-state index contributed by atoms with van der Waals surface area (Å²) in [5.41, 5.74) is 0. The number of hydrogen-bond acceptors (Lipinski definition) is 1. The van der Waals surface area contributed by atoms with Crippen LogP contribution in [-0.4, -0.2) is 12.0 Å². The molecule has 1 rings (SSSR count). The van der Waals surface area contributed by atoms with Crippen molar-refractivity contribution < 1.29 is 18.0 Å². The molecule has 4 heteroatoms.